The Morgan fingerprint density at radius 1 is 1.06 bits per heavy atom. The molecule has 2 N–H and O–H groups in total. The molecule has 0 heterocycles. The van der Waals surface area contributed by atoms with Gasteiger partial charge in [0.25, 0.3) is 0 Å². The summed E-state index contributed by atoms with van der Waals surface area (Å²) in [5, 5.41) is 0. The fraction of sp³-hybridized carbons (Fsp3) is 0.143. The maximum absolute atomic E-state index is 5.86. The summed E-state index contributed by atoms with van der Waals surface area (Å²) < 4.78 is 7.70. The molecule has 0 amide bonds. The summed E-state index contributed by atoms with van der Waals surface area (Å²) in [5.41, 5.74) is 6.93. The van der Waals surface area contributed by atoms with Gasteiger partial charge in [-0.25, -0.2) is 0 Å². The molecule has 0 bridgehead atoms. The number of rotatable bonds is 3. The topological polar surface area (TPSA) is 35.2 Å². The van der Waals surface area contributed by atoms with Crippen molar-refractivity contribution in [3.8, 4) is 11.5 Å². The second kappa shape index (κ2) is 5.87. The van der Waals surface area contributed by atoms with E-state index in [0.717, 1.165) is 26.0 Å². The van der Waals surface area contributed by atoms with E-state index in [2.05, 4.69) is 31.9 Å². The molecule has 2 rings (SSSR count). The molecule has 0 aromatic heterocycles. The van der Waals surface area contributed by atoms with Crippen molar-refractivity contribution in [2.75, 3.05) is 0 Å². The van der Waals surface area contributed by atoms with Crippen LogP contribution in [0.4, 0.5) is 0 Å². The van der Waals surface area contributed by atoms with Gasteiger partial charge in [0.15, 0.2) is 0 Å². The summed E-state index contributed by atoms with van der Waals surface area (Å²) in [6.45, 7) is 1.95. The van der Waals surface area contributed by atoms with Crippen LogP contribution in [-0.4, -0.2) is 0 Å². The van der Waals surface area contributed by atoms with Gasteiger partial charge in [0.05, 0.1) is 4.47 Å². The highest BCUT2D eigenvalue weighted by Crippen LogP contribution is 2.32. The van der Waals surface area contributed by atoms with E-state index in [4.69, 9.17) is 10.5 Å². The third kappa shape index (κ3) is 3.13. The van der Waals surface area contributed by atoms with Crippen molar-refractivity contribution in [3.05, 3.63) is 57.0 Å². The Hall–Kier alpha value is -0.840. The van der Waals surface area contributed by atoms with Crippen molar-refractivity contribution in [1.82, 2.24) is 0 Å². The van der Waals surface area contributed by atoms with Crippen LogP contribution in [0.15, 0.2) is 51.4 Å². The number of ether oxygens (including phenoxy) is 1. The van der Waals surface area contributed by atoms with Gasteiger partial charge in [0.2, 0.25) is 0 Å². The van der Waals surface area contributed by atoms with Crippen molar-refractivity contribution in [2.45, 2.75) is 13.0 Å². The molecule has 94 valence electrons. The molecule has 0 saturated heterocycles. The molecule has 2 aromatic rings. The monoisotopic (exact) mass is 369 g/mol. The van der Waals surface area contributed by atoms with E-state index in [9.17, 15) is 0 Å². The number of hydrogen-bond donors (Lipinski definition) is 1. The lowest BCUT2D eigenvalue weighted by atomic mass is 10.1. The van der Waals surface area contributed by atoms with Gasteiger partial charge in [0.1, 0.15) is 11.5 Å². The Balaban J connectivity index is 2.26. The maximum atomic E-state index is 5.86. The molecule has 0 fully saturated rings. The molecular weight excluding hydrogens is 358 g/mol. The third-order valence-electron chi connectivity index (χ3n) is 2.53. The zero-order valence-electron chi connectivity index (χ0n) is 9.86. The molecule has 0 saturated carbocycles. The highest BCUT2D eigenvalue weighted by molar-refractivity contribution is 9.10. The van der Waals surface area contributed by atoms with Gasteiger partial charge in [-0.1, -0.05) is 34.1 Å². The Morgan fingerprint density at radius 2 is 1.78 bits per heavy atom. The molecule has 0 aliphatic heterocycles. The lowest BCUT2D eigenvalue weighted by molar-refractivity contribution is 0.479. The standard InChI is InChI=1S/C14H13Br2NO/c1-9(17)11-7-6-10(8-13(11)16)18-14-5-3-2-4-12(14)15/h2-9H,17H2,1H3. The highest BCUT2D eigenvalue weighted by Gasteiger charge is 2.07. The first-order valence-electron chi connectivity index (χ1n) is 5.55. The minimum absolute atomic E-state index is 0.00288. The van der Waals surface area contributed by atoms with Gasteiger partial charge in [0, 0.05) is 10.5 Å². The summed E-state index contributed by atoms with van der Waals surface area (Å²) in [6, 6.07) is 13.6. The molecule has 1 atom stereocenters. The Morgan fingerprint density at radius 3 is 2.39 bits per heavy atom. The summed E-state index contributed by atoms with van der Waals surface area (Å²) in [7, 11) is 0. The summed E-state index contributed by atoms with van der Waals surface area (Å²) in [4.78, 5) is 0. The van der Waals surface area contributed by atoms with E-state index in [1.807, 2.05) is 49.4 Å². The van der Waals surface area contributed by atoms with Crippen LogP contribution in [0.2, 0.25) is 0 Å². The van der Waals surface area contributed by atoms with Crippen LogP contribution in [0.5, 0.6) is 11.5 Å². The number of benzene rings is 2. The molecular formula is C14H13Br2NO. The Bertz CT molecular complexity index is 555. The fourth-order valence-electron chi connectivity index (χ4n) is 1.60. The van der Waals surface area contributed by atoms with Crippen LogP contribution < -0.4 is 10.5 Å². The van der Waals surface area contributed by atoms with Crippen LogP contribution in [-0.2, 0) is 0 Å². The van der Waals surface area contributed by atoms with E-state index in [-0.39, 0.29) is 6.04 Å². The van der Waals surface area contributed by atoms with Crippen LogP contribution in [0.1, 0.15) is 18.5 Å². The van der Waals surface area contributed by atoms with Gasteiger partial charge in [-0.3, -0.25) is 0 Å². The van der Waals surface area contributed by atoms with E-state index in [1.165, 1.54) is 0 Å². The highest BCUT2D eigenvalue weighted by atomic mass is 79.9. The van der Waals surface area contributed by atoms with Crippen LogP contribution in [0.25, 0.3) is 0 Å². The summed E-state index contributed by atoms with van der Waals surface area (Å²) in [6.07, 6.45) is 0. The van der Waals surface area contributed by atoms with E-state index >= 15 is 0 Å². The normalized spacial score (nSPS) is 12.2. The zero-order valence-corrected chi connectivity index (χ0v) is 13.0. The maximum Gasteiger partial charge on any atom is 0.141 e. The van der Waals surface area contributed by atoms with Gasteiger partial charge in [-0.2, -0.15) is 0 Å². The van der Waals surface area contributed by atoms with Crippen LogP contribution in [0.3, 0.4) is 0 Å². The predicted molar refractivity (Wildman–Crippen MR) is 81.0 cm³/mol. The minimum Gasteiger partial charge on any atom is -0.456 e. The predicted octanol–water partition coefficient (Wildman–Crippen LogP) is 5.02. The third-order valence-corrected chi connectivity index (χ3v) is 3.87. The summed E-state index contributed by atoms with van der Waals surface area (Å²) in [5.74, 6) is 1.57. The first-order chi connectivity index (χ1) is 8.58. The van der Waals surface area contributed by atoms with Gasteiger partial charge < -0.3 is 10.5 Å². The van der Waals surface area contributed by atoms with Crippen LogP contribution >= 0.6 is 31.9 Å². The fourth-order valence-corrected chi connectivity index (χ4v) is 2.68. The molecule has 18 heavy (non-hydrogen) atoms. The van der Waals surface area contributed by atoms with Crippen molar-refractivity contribution in [3.63, 3.8) is 0 Å². The minimum atomic E-state index is -0.00288. The lowest BCUT2D eigenvalue weighted by Crippen LogP contribution is -2.05. The zero-order chi connectivity index (χ0) is 13.1. The molecule has 1 unspecified atom stereocenters. The molecule has 4 heteroatoms. The Kier molecular flexibility index (Phi) is 4.43. The van der Waals surface area contributed by atoms with Crippen molar-refractivity contribution >= 4 is 31.9 Å². The largest absolute Gasteiger partial charge is 0.456 e. The second-order valence-electron chi connectivity index (χ2n) is 4.00. The van der Waals surface area contributed by atoms with Gasteiger partial charge >= 0.3 is 0 Å². The number of hydrogen-bond acceptors (Lipinski definition) is 2. The quantitative estimate of drug-likeness (QED) is 0.822. The number of halogens is 2. The molecule has 0 spiro atoms. The Labute approximate surface area is 123 Å². The van der Waals surface area contributed by atoms with E-state index in [0.29, 0.717) is 0 Å². The molecule has 0 aliphatic carbocycles. The number of para-hydroxylation sites is 1. The smallest absolute Gasteiger partial charge is 0.141 e. The SMILES string of the molecule is CC(N)c1ccc(Oc2ccccc2Br)cc1Br. The van der Waals surface area contributed by atoms with Crippen molar-refractivity contribution < 1.29 is 4.74 Å². The van der Waals surface area contributed by atoms with Gasteiger partial charge in [-0.15, -0.1) is 0 Å². The first-order valence-corrected chi connectivity index (χ1v) is 7.14. The molecule has 2 aromatic carbocycles. The molecule has 0 radical (unpaired) electrons. The van der Waals surface area contributed by atoms with E-state index < -0.39 is 0 Å². The van der Waals surface area contributed by atoms with Crippen LogP contribution in [0, 0.1) is 0 Å². The lowest BCUT2D eigenvalue weighted by Gasteiger charge is -2.12. The van der Waals surface area contributed by atoms with Gasteiger partial charge in [-0.05, 0) is 52.7 Å². The molecule has 2 nitrogen and oxygen atoms in total. The number of nitrogens with two attached hydrogens (primary N) is 1. The summed E-state index contributed by atoms with van der Waals surface area (Å²) >= 11 is 6.96. The average Bonchev–Trinajstić information content (AvgIpc) is 2.32. The van der Waals surface area contributed by atoms with E-state index in [1.54, 1.807) is 0 Å². The molecule has 0 aliphatic rings. The second-order valence-corrected chi connectivity index (χ2v) is 5.71. The van der Waals surface area contributed by atoms with Crippen molar-refractivity contribution in [2.24, 2.45) is 5.73 Å². The first kappa shape index (κ1) is 13.6. The average molecular weight is 371 g/mol. The van der Waals surface area contributed by atoms with Crippen molar-refractivity contribution in [1.29, 1.82) is 0 Å².